The molecule has 0 saturated heterocycles. The van der Waals surface area contributed by atoms with Gasteiger partial charge in [0, 0.05) is 44.8 Å². The van der Waals surface area contributed by atoms with Crippen molar-refractivity contribution in [2.75, 3.05) is 26.7 Å². The Morgan fingerprint density at radius 3 is 2.27 bits per heavy atom. The van der Waals surface area contributed by atoms with Crippen molar-refractivity contribution in [2.45, 2.75) is 65.8 Å². The van der Waals surface area contributed by atoms with E-state index in [1.807, 2.05) is 74.5 Å². The molecule has 0 aliphatic heterocycles. The Morgan fingerprint density at radius 1 is 1.00 bits per heavy atom. The lowest BCUT2D eigenvalue weighted by atomic mass is 9.99. The molecule has 0 bridgehead atoms. The Bertz CT molecular complexity index is 1470. The van der Waals surface area contributed by atoms with E-state index >= 15 is 0 Å². The van der Waals surface area contributed by atoms with Gasteiger partial charge < -0.3 is 25.2 Å². The molecule has 0 fully saturated rings. The molecule has 1 heterocycles. The standard InChI is InChI=1S/C37H50N6O4S2/c1-7-48-35(28(4)5)39-19-21-42(6)36(45)41-33(27(2)3)34(44)40-31(22-29-14-10-8-11-15-29)18-20-43(24-30-16-12-9-13-17-30)37(46)47-25-32-23-38-26-49-32/h7-17,23,26-28,31,33H,1,18-22,24-25H2,2-6H3,(H,40,44)(H,41,45)/t31-,33+/m1/s1. The number of thiazole rings is 1. The van der Waals surface area contributed by atoms with E-state index in [0.717, 1.165) is 21.0 Å². The molecule has 0 unspecified atom stereocenters. The summed E-state index contributed by atoms with van der Waals surface area (Å²) in [6.45, 7) is 13.4. The molecule has 0 saturated carbocycles. The highest BCUT2D eigenvalue weighted by atomic mass is 32.2. The first-order chi connectivity index (χ1) is 23.6. The van der Waals surface area contributed by atoms with Crippen molar-refractivity contribution in [1.29, 1.82) is 0 Å². The van der Waals surface area contributed by atoms with Gasteiger partial charge in [0.1, 0.15) is 12.6 Å². The van der Waals surface area contributed by atoms with Crippen LogP contribution in [0.5, 0.6) is 0 Å². The summed E-state index contributed by atoms with van der Waals surface area (Å²) in [5.41, 5.74) is 3.73. The largest absolute Gasteiger partial charge is 0.444 e. The number of hydrogen-bond donors (Lipinski definition) is 2. The quantitative estimate of drug-likeness (QED) is 0.109. The summed E-state index contributed by atoms with van der Waals surface area (Å²) in [5.74, 6) is -0.178. The summed E-state index contributed by atoms with van der Waals surface area (Å²) in [4.78, 5) is 53.1. The number of aromatic nitrogens is 1. The van der Waals surface area contributed by atoms with Crippen LogP contribution < -0.4 is 10.6 Å². The van der Waals surface area contributed by atoms with Crippen molar-refractivity contribution in [2.24, 2.45) is 16.8 Å². The summed E-state index contributed by atoms with van der Waals surface area (Å²) in [6.07, 6.45) is 2.28. The number of aliphatic imine (C=N–C) groups is 1. The molecule has 4 amide bonds. The molecular weight excluding hydrogens is 657 g/mol. The van der Waals surface area contributed by atoms with Gasteiger partial charge in [-0.2, -0.15) is 0 Å². The summed E-state index contributed by atoms with van der Waals surface area (Å²) in [6, 6.07) is 18.2. The number of carbonyl (C=O) groups excluding carboxylic acids is 3. The Balaban J connectivity index is 1.71. The van der Waals surface area contributed by atoms with Crippen LogP contribution in [0.15, 0.2) is 89.4 Å². The van der Waals surface area contributed by atoms with Crippen LogP contribution >= 0.6 is 23.1 Å². The van der Waals surface area contributed by atoms with E-state index in [1.54, 1.807) is 34.0 Å². The van der Waals surface area contributed by atoms with Gasteiger partial charge in [-0.15, -0.1) is 11.3 Å². The predicted molar refractivity (Wildman–Crippen MR) is 201 cm³/mol. The van der Waals surface area contributed by atoms with Crippen molar-refractivity contribution in [1.82, 2.24) is 25.4 Å². The van der Waals surface area contributed by atoms with Crippen molar-refractivity contribution >= 4 is 46.2 Å². The van der Waals surface area contributed by atoms with Crippen LogP contribution in [0.25, 0.3) is 0 Å². The highest BCUT2D eigenvalue weighted by molar-refractivity contribution is 8.16. The first-order valence-corrected chi connectivity index (χ1v) is 18.3. The number of amides is 4. The molecule has 1 aromatic heterocycles. The molecule has 2 N–H and O–H groups in total. The third-order valence-corrected chi connectivity index (χ3v) is 9.45. The van der Waals surface area contributed by atoms with Gasteiger partial charge >= 0.3 is 12.1 Å². The maximum absolute atomic E-state index is 13.8. The van der Waals surface area contributed by atoms with Crippen LogP contribution in [0.3, 0.4) is 0 Å². The van der Waals surface area contributed by atoms with E-state index in [0.29, 0.717) is 39.0 Å². The molecular formula is C37H50N6O4S2. The maximum atomic E-state index is 13.8. The fourth-order valence-corrected chi connectivity index (χ4v) is 6.05. The van der Waals surface area contributed by atoms with Gasteiger partial charge in [0.05, 0.1) is 22.0 Å². The number of nitrogens with one attached hydrogen (secondary N) is 2. The SMILES string of the molecule is C=CSC(=NCCN(C)C(=O)N[C@H](C(=O)N[C@H](CCN(Cc1ccccc1)C(=O)OCc1cncs1)Cc1ccccc1)C(C)C)C(C)C. The molecule has 3 aromatic rings. The van der Waals surface area contributed by atoms with Crippen molar-refractivity contribution in [3.63, 3.8) is 0 Å². The number of thioether (sulfide) groups is 1. The van der Waals surface area contributed by atoms with E-state index in [4.69, 9.17) is 4.74 Å². The van der Waals surface area contributed by atoms with Crippen LogP contribution in [-0.4, -0.2) is 76.6 Å². The van der Waals surface area contributed by atoms with Crippen molar-refractivity contribution < 1.29 is 19.1 Å². The Kier molecular flexibility index (Phi) is 16.9. The van der Waals surface area contributed by atoms with Crippen molar-refractivity contribution in [3.05, 3.63) is 100 Å². The first kappa shape index (κ1) is 39.3. The Hall–Kier alpha value is -4.16. The van der Waals surface area contributed by atoms with Gasteiger partial charge in [0.2, 0.25) is 5.91 Å². The fraction of sp³-hybridized carbons (Fsp3) is 0.432. The minimum atomic E-state index is -0.760. The summed E-state index contributed by atoms with van der Waals surface area (Å²) in [7, 11) is 1.70. The van der Waals surface area contributed by atoms with Gasteiger partial charge in [-0.1, -0.05) is 107 Å². The van der Waals surface area contributed by atoms with E-state index in [-0.39, 0.29) is 36.4 Å². The van der Waals surface area contributed by atoms with Crippen LogP contribution in [0.4, 0.5) is 9.59 Å². The highest BCUT2D eigenvalue weighted by Gasteiger charge is 2.28. The first-order valence-electron chi connectivity index (χ1n) is 16.6. The minimum Gasteiger partial charge on any atom is -0.444 e. The second kappa shape index (κ2) is 21.0. The molecule has 0 aliphatic carbocycles. The number of likely N-dealkylation sites (N-methyl/N-ethyl adjacent to an activating group) is 1. The Labute approximate surface area is 299 Å². The number of hydrogen-bond acceptors (Lipinski definition) is 8. The molecule has 0 spiro atoms. The normalized spacial score (nSPS) is 12.7. The molecule has 3 rings (SSSR count). The fourth-order valence-electron chi connectivity index (χ4n) is 4.93. The topological polar surface area (TPSA) is 116 Å². The molecule has 0 radical (unpaired) electrons. The second-order valence-corrected chi connectivity index (χ2v) is 14.3. The lowest BCUT2D eigenvalue weighted by Crippen LogP contribution is -2.55. The van der Waals surface area contributed by atoms with Gasteiger partial charge in [-0.3, -0.25) is 14.8 Å². The van der Waals surface area contributed by atoms with Gasteiger partial charge in [-0.05, 0) is 35.3 Å². The number of urea groups is 1. The molecule has 0 aliphatic rings. The summed E-state index contributed by atoms with van der Waals surface area (Å²) < 4.78 is 5.66. The van der Waals surface area contributed by atoms with Gasteiger partial charge in [0.25, 0.3) is 0 Å². The number of benzene rings is 2. The maximum Gasteiger partial charge on any atom is 0.410 e. The third kappa shape index (κ3) is 14.1. The van der Waals surface area contributed by atoms with Crippen LogP contribution in [0, 0.1) is 11.8 Å². The highest BCUT2D eigenvalue weighted by Crippen LogP contribution is 2.15. The number of nitrogens with zero attached hydrogens (tertiary/aromatic N) is 4. The molecule has 10 nitrogen and oxygen atoms in total. The average Bonchev–Trinajstić information content (AvgIpc) is 3.61. The van der Waals surface area contributed by atoms with E-state index < -0.39 is 12.1 Å². The monoisotopic (exact) mass is 706 g/mol. The van der Waals surface area contributed by atoms with Crippen LogP contribution in [0.1, 0.15) is 50.1 Å². The summed E-state index contributed by atoms with van der Waals surface area (Å²) in [5, 5.41) is 8.84. The average molecular weight is 707 g/mol. The second-order valence-electron chi connectivity index (χ2n) is 12.4. The molecule has 2 atom stereocenters. The zero-order chi connectivity index (χ0) is 35.6. The predicted octanol–water partition coefficient (Wildman–Crippen LogP) is 7.00. The molecule has 49 heavy (non-hydrogen) atoms. The smallest absolute Gasteiger partial charge is 0.410 e. The molecule has 264 valence electrons. The van der Waals surface area contributed by atoms with E-state index in [1.165, 1.54) is 23.1 Å². The third-order valence-electron chi connectivity index (χ3n) is 7.69. The number of carbonyl (C=O) groups is 3. The van der Waals surface area contributed by atoms with Gasteiger partial charge in [0.15, 0.2) is 0 Å². The Morgan fingerprint density at radius 2 is 1.67 bits per heavy atom. The zero-order valence-electron chi connectivity index (χ0n) is 29.2. The minimum absolute atomic E-state index is 0.141. The molecule has 2 aromatic carbocycles. The summed E-state index contributed by atoms with van der Waals surface area (Å²) >= 11 is 2.92. The van der Waals surface area contributed by atoms with Crippen LogP contribution in [-0.2, 0) is 29.1 Å². The lowest BCUT2D eigenvalue weighted by Gasteiger charge is -2.29. The zero-order valence-corrected chi connectivity index (χ0v) is 30.8. The van der Waals surface area contributed by atoms with Crippen molar-refractivity contribution in [3.8, 4) is 0 Å². The lowest BCUT2D eigenvalue weighted by molar-refractivity contribution is -0.124. The number of ether oxygens (including phenoxy) is 1. The van der Waals surface area contributed by atoms with Gasteiger partial charge in [-0.25, -0.2) is 9.59 Å². The van der Waals surface area contributed by atoms with E-state index in [9.17, 15) is 14.4 Å². The number of rotatable bonds is 18. The van der Waals surface area contributed by atoms with E-state index in [2.05, 4.69) is 41.0 Å². The molecule has 12 heteroatoms. The van der Waals surface area contributed by atoms with Crippen LogP contribution in [0.2, 0.25) is 0 Å².